The van der Waals surface area contributed by atoms with E-state index in [4.69, 9.17) is 16.3 Å². The van der Waals surface area contributed by atoms with Gasteiger partial charge in [-0.2, -0.15) is 0 Å². The fraction of sp³-hybridized carbons (Fsp3) is 0.435. The minimum atomic E-state index is 0.0630. The number of hydrogen-bond acceptors (Lipinski definition) is 3. The number of benzene rings is 2. The van der Waals surface area contributed by atoms with E-state index in [-0.39, 0.29) is 11.8 Å². The lowest BCUT2D eigenvalue weighted by Crippen LogP contribution is -2.43. The summed E-state index contributed by atoms with van der Waals surface area (Å²) in [5.74, 6) is 1.12. The molecular weight excluding hydrogens is 372 g/mol. The highest BCUT2D eigenvalue weighted by atomic mass is 35.5. The van der Waals surface area contributed by atoms with Crippen molar-refractivity contribution in [2.45, 2.75) is 32.2 Å². The number of nitrogens with zero attached hydrogens (tertiary/aromatic N) is 1. The van der Waals surface area contributed by atoms with E-state index in [1.54, 1.807) is 7.11 Å². The molecule has 4 nitrogen and oxygen atoms in total. The molecule has 0 spiro atoms. The number of carbonyl (C=O) groups excluding carboxylic acids is 1. The van der Waals surface area contributed by atoms with Crippen molar-refractivity contribution in [2.75, 3.05) is 26.7 Å². The zero-order valence-electron chi connectivity index (χ0n) is 16.5. The van der Waals surface area contributed by atoms with Gasteiger partial charge < -0.3 is 10.1 Å². The van der Waals surface area contributed by atoms with Crippen LogP contribution in [0.3, 0.4) is 0 Å². The number of amides is 1. The van der Waals surface area contributed by atoms with Crippen LogP contribution in [-0.4, -0.2) is 37.6 Å². The topological polar surface area (TPSA) is 41.6 Å². The number of hydrogen-bond donors (Lipinski definition) is 1. The lowest BCUT2D eigenvalue weighted by Gasteiger charge is -2.32. The SMILES string of the molecule is COc1cccc(CCCNC(=O)[C@H]2CCCN(Cc3ccccc3Cl)C2)c1. The molecule has 1 N–H and O–H groups in total. The summed E-state index contributed by atoms with van der Waals surface area (Å²) in [7, 11) is 1.68. The Kier molecular flexibility index (Phi) is 7.75. The Morgan fingerprint density at radius 2 is 2.11 bits per heavy atom. The maximum Gasteiger partial charge on any atom is 0.224 e. The third-order valence-electron chi connectivity index (χ3n) is 5.30. The first-order valence-electron chi connectivity index (χ1n) is 10.0. The summed E-state index contributed by atoms with van der Waals surface area (Å²) in [5, 5.41) is 3.92. The van der Waals surface area contributed by atoms with E-state index < -0.39 is 0 Å². The number of ether oxygens (including phenoxy) is 1. The first-order valence-corrected chi connectivity index (χ1v) is 10.4. The molecule has 1 saturated heterocycles. The molecule has 0 saturated carbocycles. The maximum absolute atomic E-state index is 12.6. The first-order chi connectivity index (χ1) is 13.7. The minimum Gasteiger partial charge on any atom is -0.497 e. The average molecular weight is 401 g/mol. The number of rotatable bonds is 8. The van der Waals surface area contributed by atoms with Crippen LogP contribution in [-0.2, 0) is 17.8 Å². The molecule has 150 valence electrons. The maximum atomic E-state index is 12.6. The van der Waals surface area contributed by atoms with Crippen molar-refractivity contribution in [1.82, 2.24) is 10.2 Å². The highest BCUT2D eigenvalue weighted by Crippen LogP contribution is 2.22. The highest BCUT2D eigenvalue weighted by Gasteiger charge is 2.25. The lowest BCUT2D eigenvalue weighted by atomic mass is 9.96. The molecule has 2 aromatic carbocycles. The monoisotopic (exact) mass is 400 g/mol. The largest absolute Gasteiger partial charge is 0.497 e. The van der Waals surface area contributed by atoms with Crippen molar-refractivity contribution < 1.29 is 9.53 Å². The summed E-state index contributed by atoms with van der Waals surface area (Å²) < 4.78 is 5.26. The summed E-state index contributed by atoms with van der Waals surface area (Å²) in [6, 6.07) is 16.0. The minimum absolute atomic E-state index is 0.0630. The van der Waals surface area contributed by atoms with Crippen LogP contribution in [0.5, 0.6) is 5.75 Å². The normalized spacial score (nSPS) is 17.3. The van der Waals surface area contributed by atoms with Gasteiger partial charge in [0.05, 0.1) is 13.0 Å². The van der Waals surface area contributed by atoms with Crippen LogP contribution in [0, 0.1) is 5.92 Å². The summed E-state index contributed by atoms with van der Waals surface area (Å²) in [6.45, 7) is 3.33. The smallest absolute Gasteiger partial charge is 0.224 e. The van der Waals surface area contributed by atoms with E-state index in [1.165, 1.54) is 5.56 Å². The number of methoxy groups -OCH3 is 1. The molecule has 0 aromatic heterocycles. The van der Waals surface area contributed by atoms with E-state index in [0.29, 0.717) is 6.54 Å². The van der Waals surface area contributed by atoms with Crippen LogP contribution in [0.15, 0.2) is 48.5 Å². The molecule has 0 unspecified atom stereocenters. The molecule has 0 radical (unpaired) electrons. The fourth-order valence-corrected chi connectivity index (χ4v) is 3.95. The molecule has 1 heterocycles. The van der Waals surface area contributed by atoms with E-state index in [9.17, 15) is 4.79 Å². The Balaban J connectivity index is 1.42. The Labute approximate surface area is 172 Å². The van der Waals surface area contributed by atoms with Crippen LogP contribution in [0.2, 0.25) is 5.02 Å². The molecule has 28 heavy (non-hydrogen) atoms. The van der Waals surface area contributed by atoms with Crippen molar-refractivity contribution in [3.8, 4) is 5.75 Å². The second-order valence-corrected chi connectivity index (χ2v) is 7.82. The van der Waals surface area contributed by atoms with Crippen molar-refractivity contribution in [3.63, 3.8) is 0 Å². The van der Waals surface area contributed by atoms with Gasteiger partial charge in [0.1, 0.15) is 5.75 Å². The number of carbonyl (C=O) groups is 1. The van der Waals surface area contributed by atoms with Gasteiger partial charge in [0.15, 0.2) is 0 Å². The summed E-state index contributed by atoms with van der Waals surface area (Å²) >= 11 is 6.28. The van der Waals surface area contributed by atoms with Gasteiger partial charge in [-0.3, -0.25) is 9.69 Å². The van der Waals surface area contributed by atoms with Crippen LogP contribution >= 0.6 is 11.6 Å². The van der Waals surface area contributed by atoms with Crippen LogP contribution < -0.4 is 10.1 Å². The van der Waals surface area contributed by atoms with Crippen molar-refractivity contribution >= 4 is 17.5 Å². The van der Waals surface area contributed by atoms with Gasteiger partial charge in [-0.25, -0.2) is 0 Å². The third-order valence-corrected chi connectivity index (χ3v) is 5.67. The van der Waals surface area contributed by atoms with Gasteiger partial charge in [-0.1, -0.05) is 41.9 Å². The Bertz CT molecular complexity index is 781. The Morgan fingerprint density at radius 1 is 1.25 bits per heavy atom. The van der Waals surface area contributed by atoms with Gasteiger partial charge in [0.25, 0.3) is 0 Å². The number of halogens is 1. The molecule has 2 aromatic rings. The number of aryl methyl sites for hydroxylation is 1. The number of piperidine rings is 1. The second kappa shape index (κ2) is 10.5. The molecule has 1 atom stereocenters. The standard InChI is InChI=1S/C23H29ClN2O2/c1-28-21-11-4-7-18(15-21)8-5-13-25-23(27)20-10-6-14-26(17-20)16-19-9-2-3-12-22(19)24/h2-4,7,9,11-12,15,20H,5-6,8,10,13-14,16-17H2,1H3,(H,25,27)/t20-/m0/s1. The van der Waals surface area contributed by atoms with Gasteiger partial charge in [-0.15, -0.1) is 0 Å². The van der Waals surface area contributed by atoms with Crippen molar-refractivity contribution in [2.24, 2.45) is 5.92 Å². The van der Waals surface area contributed by atoms with Crippen LogP contribution in [0.4, 0.5) is 0 Å². The summed E-state index contributed by atoms with van der Waals surface area (Å²) in [6.07, 6.45) is 3.86. The van der Waals surface area contributed by atoms with Crippen LogP contribution in [0.1, 0.15) is 30.4 Å². The Morgan fingerprint density at radius 3 is 2.93 bits per heavy atom. The zero-order valence-corrected chi connectivity index (χ0v) is 17.3. The molecule has 1 aliphatic heterocycles. The van der Waals surface area contributed by atoms with Gasteiger partial charge in [-0.05, 0) is 61.6 Å². The van der Waals surface area contributed by atoms with E-state index >= 15 is 0 Å². The van der Waals surface area contributed by atoms with Crippen LogP contribution in [0.25, 0.3) is 0 Å². The third kappa shape index (κ3) is 5.98. The average Bonchev–Trinajstić information content (AvgIpc) is 2.73. The second-order valence-electron chi connectivity index (χ2n) is 7.41. The number of nitrogens with one attached hydrogen (secondary N) is 1. The zero-order chi connectivity index (χ0) is 19.8. The Hall–Kier alpha value is -2.04. The fourth-order valence-electron chi connectivity index (χ4n) is 3.76. The molecule has 0 aliphatic carbocycles. The molecular formula is C23H29ClN2O2. The van der Waals surface area contributed by atoms with E-state index in [0.717, 1.165) is 61.7 Å². The molecule has 5 heteroatoms. The summed E-state index contributed by atoms with van der Waals surface area (Å²) in [4.78, 5) is 14.9. The highest BCUT2D eigenvalue weighted by molar-refractivity contribution is 6.31. The van der Waals surface area contributed by atoms with E-state index in [1.807, 2.05) is 30.3 Å². The molecule has 0 bridgehead atoms. The quantitative estimate of drug-likeness (QED) is 0.671. The predicted molar refractivity (Wildman–Crippen MR) is 114 cm³/mol. The molecule has 3 rings (SSSR count). The van der Waals surface area contributed by atoms with Crippen molar-refractivity contribution in [3.05, 3.63) is 64.7 Å². The van der Waals surface area contributed by atoms with Crippen molar-refractivity contribution in [1.29, 1.82) is 0 Å². The van der Waals surface area contributed by atoms with Gasteiger partial charge in [0, 0.05) is 24.7 Å². The summed E-state index contributed by atoms with van der Waals surface area (Å²) in [5.41, 5.74) is 2.36. The van der Waals surface area contributed by atoms with Gasteiger partial charge in [0.2, 0.25) is 5.91 Å². The van der Waals surface area contributed by atoms with E-state index in [2.05, 4.69) is 28.4 Å². The molecule has 1 fully saturated rings. The predicted octanol–water partition coefficient (Wildman–Crippen LogP) is 4.31. The molecule has 1 aliphatic rings. The lowest BCUT2D eigenvalue weighted by molar-refractivity contribution is -0.126. The molecule has 1 amide bonds. The first kappa shape index (κ1) is 20.7. The van der Waals surface area contributed by atoms with Gasteiger partial charge >= 0.3 is 0 Å². The number of likely N-dealkylation sites (tertiary alicyclic amines) is 1.